The standard InChI is InChI=1S/C12H21N3O3S/c1-3-13-4-5-14(6-9(13)2)12(18)15-8-19-7-10(15)11(16)17/h9-10H,3-8H2,1-2H3,(H,16,17). The fourth-order valence-electron chi connectivity index (χ4n) is 2.66. The van der Waals surface area contributed by atoms with Gasteiger partial charge in [0.2, 0.25) is 0 Å². The number of likely N-dealkylation sites (N-methyl/N-ethyl adjacent to an activating group) is 1. The van der Waals surface area contributed by atoms with E-state index in [-0.39, 0.29) is 6.03 Å². The monoisotopic (exact) mass is 287 g/mol. The number of carboxylic acid groups (broad SMARTS) is 1. The number of hydrogen-bond acceptors (Lipinski definition) is 4. The zero-order chi connectivity index (χ0) is 14.0. The number of hydrogen-bond donors (Lipinski definition) is 1. The summed E-state index contributed by atoms with van der Waals surface area (Å²) in [5.74, 6) is 0.0718. The van der Waals surface area contributed by atoms with Gasteiger partial charge in [-0.05, 0) is 13.5 Å². The van der Waals surface area contributed by atoms with Gasteiger partial charge >= 0.3 is 12.0 Å². The van der Waals surface area contributed by atoms with Crippen molar-refractivity contribution in [2.45, 2.75) is 25.9 Å². The third-order valence-corrected chi connectivity index (χ3v) is 4.87. The normalized spacial score (nSPS) is 28.7. The number of aliphatic carboxylic acids is 1. The van der Waals surface area contributed by atoms with Gasteiger partial charge in [0.05, 0.1) is 5.88 Å². The van der Waals surface area contributed by atoms with Crippen LogP contribution in [0.5, 0.6) is 0 Å². The number of thioether (sulfide) groups is 1. The van der Waals surface area contributed by atoms with Gasteiger partial charge in [0.1, 0.15) is 6.04 Å². The average molecular weight is 287 g/mol. The van der Waals surface area contributed by atoms with Crippen molar-refractivity contribution in [3.8, 4) is 0 Å². The summed E-state index contributed by atoms with van der Waals surface area (Å²) in [7, 11) is 0. The van der Waals surface area contributed by atoms with Crippen LogP contribution < -0.4 is 0 Å². The molecule has 0 aromatic rings. The van der Waals surface area contributed by atoms with E-state index in [0.29, 0.717) is 30.8 Å². The Balaban J connectivity index is 1.98. The maximum atomic E-state index is 12.4. The van der Waals surface area contributed by atoms with Crippen molar-refractivity contribution in [1.82, 2.24) is 14.7 Å². The Hall–Kier alpha value is -0.950. The maximum absolute atomic E-state index is 12.4. The van der Waals surface area contributed by atoms with Crippen LogP contribution in [0.15, 0.2) is 0 Å². The van der Waals surface area contributed by atoms with Crippen LogP contribution in [-0.4, -0.2) is 81.7 Å². The molecule has 2 heterocycles. The second kappa shape index (κ2) is 6.00. The van der Waals surface area contributed by atoms with Crippen LogP contribution in [0.3, 0.4) is 0 Å². The fraction of sp³-hybridized carbons (Fsp3) is 0.833. The van der Waals surface area contributed by atoms with E-state index in [0.717, 1.165) is 13.1 Å². The van der Waals surface area contributed by atoms with Crippen LogP contribution in [-0.2, 0) is 4.79 Å². The third-order valence-electron chi connectivity index (χ3n) is 3.85. The molecule has 0 aliphatic carbocycles. The van der Waals surface area contributed by atoms with Crippen molar-refractivity contribution in [1.29, 1.82) is 0 Å². The molecule has 2 aliphatic heterocycles. The maximum Gasteiger partial charge on any atom is 0.327 e. The summed E-state index contributed by atoms with van der Waals surface area (Å²) in [6.07, 6.45) is 0. The summed E-state index contributed by atoms with van der Waals surface area (Å²) in [6.45, 7) is 7.44. The molecule has 0 aromatic carbocycles. The first-order valence-corrected chi connectivity index (χ1v) is 7.80. The first-order chi connectivity index (χ1) is 9.04. The van der Waals surface area contributed by atoms with Gasteiger partial charge in [-0.3, -0.25) is 4.90 Å². The lowest BCUT2D eigenvalue weighted by molar-refractivity contribution is -0.141. The Morgan fingerprint density at radius 2 is 2.11 bits per heavy atom. The zero-order valence-electron chi connectivity index (χ0n) is 11.4. The highest BCUT2D eigenvalue weighted by atomic mass is 32.2. The molecule has 2 saturated heterocycles. The molecule has 2 rings (SSSR count). The van der Waals surface area contributed by atoms with Crippen LogP contribution in [0.4, 0.5) is 4.79 Å². The lowest BCUT2D eigenvalue weighted by Crippen LogP contribution is -2.57. The molecule has 0 radical (unpaired) electrons. The highest BCUT2D eigenvalue weighted by Crippen LogP contribution is 2.23. The summed E-state index contributed by atoms with van der Waals surface area (Å²) in [5, 5.41) is 9.13. The first-order valence-electron chi connectivity index (χ1n) is 6.64. The van der Waals surface area contributed by atoms with Gasteiger partial charge in [0.15, 0.2) is 0 Å². The van der Waals surface area contributed by atoms with Crippen molar-refractivity contribution in [3.63, 3.8) is 0 Å². The minimum atomic E-state index is -0.904. The van der Waals surface area contributed by atoms with Crippen molar-refractivity contribution in [2.24, 2.45) is 0 Å². The van der Waals surface area contributed by atoms with Crippen LogP contribution in [0.1, 0.15) is 13.8 Å². The number of piperazine rings is 1. The largest absolute Gasteiger partial charge is 0.480 e. The highest BCUT2D eigenvalue weighted by molar-refractivity contribution is 7.99. The molecule has 2 fully saturated rings. The SMILES string of the molecule is CCN1CCN(C(=O)N2CSCC2C(=O)O)CC1C. The molecule has 108 valence electrons. The minimum Gasteiger partial charge on any atom is -0.480 e. The molecule has 2 amide bonds. The predicted molar refractivity (Wildman–Crippen MR) is 74.3 cm³/mol. The topological polar surface area (TPSA) is 64.1 Å². The molecule has 2 aliphatic rings. The number of amides is 2. The van der Waals surface area contributed by atoms with Crippen LogP contribution in [0.25, 0.3) is 0 Å². The number of urea groups is 1. The Morgan fingerprint density at radius 3 is 2.68 bits per heavy atom. The third kappa shape index (κ3) is 2.97. The number of carbonyl (C=O) groups is 2. The van der Waals surface area contributed by atoms with E-state index >= 15 is 0 Å². The Bertz CT molecular complexity index is 366. The second-order valence-corrected chi connectivity index (χ2v) is 6.03. The van der Waals surface area contributed by atoms with E-state index in [1.54, 1.807) is 4.90 Å². The molecule has 2 unspecified atom stereocenters. The first kappa shape index (κ1) is 14.5. The highest BCUT2D eigenvalue weighted by Gasteiger charge is 2.38. The van der Waals surface area contributed by atoms with E-state index in [4.69, 9.17) is 5.11 Å². The van der Waals surface area contributed by atoms with Gasteiger partial charge in [-0.2, -0.15) is 0 Å². The molecule has 2 atom stereocenters. The van der Waals surface area contributed by atoms with Crippen molar-refractivity contribution in [2.75, 3.05) is 37.8 Å². The van der Waals surface area contributed by atoms with Gasteiger partial charge in [-0.1, -0.05) is 6.92 Å². The molecule has 7 heteroatoms. The van der Waals surface area contributed by atoms with E-state index in [1.165, 1.54) is 16.7 Å². The van der Waals surface area contributed by atoms with E-state index < -0.39 is 12.0 Å². The molecule has 19 heavy (non-hydrogen) atoms. The molecule has 0 saturated carbocycles. The zero-order valence-corrected chi connectivity index (χ0v) is 12.2. The summed E-state index contributed by atoms with van der Waals surface area (Å²) < 4.78 is 0. The number of nitrogens with zero attached hydrogens (tertiary/aromatic N) is 3. The van der Waals surface area contributed by atoms with Gasteiger partial charge in [-0.15, -0.1) is 11.8 Å². The number of carboxylic acids is 1. The van der Waals surface area contributed by atoms with Crippen molar-refractivity contribution in [3.05, 3.63) is 0 Å². The molecule has 6 nitrogen and oxygen atoms in total. The fourth-order valence-corrected chi connectivity index (χ4v) is 3.79. The Labute approximate surface area is 117 Å². The van der Waals surface area contributed by atoms with Crippen molar-refractivity contribution >= 4 is 23.8 Å². The lowest BCUT2D eigenvalue weighted by Gasteiger charge is -2.41. The van der Waals surface area contributed by atoms with E-state index in [1.807, 2.05) is 0 Å². The smallest absolute Gasteiger partial charge is 0.327 e. The van der Waals surface area contributed by atoms with E-state index in [2.05, 4.69) is 18.7 Å². The number of rotatable bonds is 2. The van der Waals surface area contributed by atoms with E-state index in [9.17, 15) is 9.59 Å². The Morgan fingerprint density at radius 1 is 1.37 bits per heavy atom. The molecule has 0 spiro atoms. The molecule has 0 aromatic heterocycles. The van der Waals surface area contributed by atoms with Crippen LogP contribution in [0.2, 0.25) is 0 Å². The van der Waals surface area contributed by atoms with Gasteiger partial charge in [-0.25, -0.2) is 9.59 Å². The number of carbonyl (C=O) groups excluding carboxylic acids is 1. The quantitative estimate of drug-likeness (QED) is 0.805. The van der Waals surface area contributed by atoms with Crippen molar-refractivity contribution < 1.29 is 14.7 Å². The van der Waals surface area contributed by atoms with Gasteiger partial charge in [0, 0.05) is 31.4 Å². The predicted octanol–water partition coefficient (Wildman–Crippen LogP) is 0.592. The minimum absolute atomic E-state index is 0.125. The molecule has 0 bridgehead atoms. The molecular formula is C12H21N3O3S. The summed E-state index contributed by atoms with van der Waals surface area (Å²) in [5.41, 5.74) is 0. The van der Waals surface area contributed by atoms with Crippen LogP contribution >= 0.6 is 11.8 Å². The van der Waals surface area contributed by atoms with Gasteiger partial charge < -0.3 is 14.9 Å². The molecular weight excluding hydrogens is 266 g/mol. The summed E-state index contributed by atoms with van der Waals surface area (Å²) in [4.78, 5) is 29.1. The Kier molecular flexibility index (Phi) is 4.57. The summed E-state index contributed by atoms with van der Waals surface area (Å²) >= 11 is 1.50. The van der Waals surface area contributed by atoms with Crippen LogP contribution in [0, 0.1) is 0 Å². The second-order valence-electron chi connectivity index (χ2n) is 5.03. The van der Waals surface area contributed by atoms with Gasteiger partial charge in [0.25, 0.3) is 0 Å². The summed E-state index contributed by atoms with van der Waals surface area (Å²) in [6, 6.07) is -0.460. The molecule has 1 N–H and O–H groups in total. The average Bonchev–Trinajstić information content (AvgIpc) is 2.87. The lowest BCUT2D eigenvalue weighted by atomic mass is 10.2.